The molecule has 0 aromatic heterocycles. The third kappa shape index (κ3) is 5.95. The lowest BCUT2D eigenvalue weighted by Crippen LogP contribution is -2.20. The summed E-state index contributed by atoms with van der Waals surface area (Å²) in [6, 6.07) is 26.5. The fraction of sp³-hybridized carbons (Fsp3) is 0.455. The Labute approximate surface area is 216 Å². The summed E-state index contributed by atoms with van der Waals surface area (Å²) < 4.78 is 12.1. The Hall–Kier alpha value is -2.78. The highest BCUT2D eigenvalue weighted by atomic mass is 16.5. The second kappa shape index (κ2) is 12.0. The molecule has 0 spiro atoms. The number of rotatable bonds is 10. The Morgan fingerprint density at radius 3 is 2.33 bits per heavy atom. The van der Waals surface area contributed by atoms with Crippen LogP contribution in [0.5, 0.6) is 11.5 Å². The Morgan fingerprint density at radius 2 is 1.58 bits per heavy atom. The van der Waals surface area contributed by atoms with Gasteiger partial charge in [0.05, 0.1) is 19.3 Å². The summed E-state index contributed by atoms with van der Waals surface area (Å²) in [5, 5.41) is 9.76. The molecule has 0 radical (unpaired) electrons. The second-order valence-corrected chi connectivity index (χ2v) is 10.6. The number of hydrogen-bond acceptors (Lipinski definition) is 3. The summed E-state index contributed by atoms with van der Waals surface area (Å²) in [6.45, 7) is 3.70. The predicted octanol–water partition coefficient (Wildman–Crippen LogP) is 7.66. The molecule has 5 rings (SSSR count). The normalized spacial score (nSPS) is 23.3. The average molecular weight is 485 g/mol. The van der Waals surface area contributed by atoms with Gasteiger partial charge in [-0.05, 0) is 103 Å². The molecule has 3 nitrogen and oxygen atoms in total. The van der Waals surface area contributed by atoms with Crippen LogP contribution in [0, 0.1) is 5.92 Å². The van der Waals surface area contributed by atoms with Gasteiger partial charge in [0.25, 0.3) is 0 Å². The molecule has 3 aromatic rings. The van der Waals surface area contributed by atoms with Gasteiger partial charge < -0.3 is 14.6 Å². The Balaban J connectivity index is 1.34. The number of aliphatic hydroxyl groups is 1. The van der Waals surface area contributed by atoms with Crippen LogP contribution in [0.3, 0.4) is 0 Å². The molecule has 2 aliphatic rings. The maximum absolute atomic E-state index is 9.76. The SMILES string of the molecule is CCCCOc1ccc2c(c1)CC[C@H](c1ccccc1)[C@@H]2c1ccc(OCCC2CCC(O)C2)cc1. The van der Waals surface area contributed by atoms with E-state index in [1.165, 1.54) is 22.3 Å². The van der Waals surface area contributed by atoms with Crippen molar-refractivity contribution in [2.24, 2.45) is 5.92 Å². The average Bonchev–Trinajstić information content (AvgIpc) is 3.34. The standard InChI is InChI=1S/C33H40O3/c1-2-3-20-35-30-16-18-32-27(23-30)12-17-31(25-7-5-4-6-8-25)33(32)26-10-14-29(15-11-26)36-21-19-24-9-13-28(34)22-24/h4-8,10-11,14-16,18,23-24,28,31,33-34H,2-3,9,12-13,17,19-22H2,1H3/t24?,28?,31-,33+/m1/s1. The minimum atomic E-state index is -0.107. The maximum Gasteiger partial charge on any atom is 0.119 e. The van der Waals surface area contributed by atoms with Crippen LogP contribution in [0.25, 0.3) is 0 Å². The van der Waals surface area contributed by atoms with Gasteiger partial charge in [-0.25, -0.2) is 0 Å². The summed E-state index contributed by atoms with van der Waals surface area (Å²) in [7, 11) is 0. The largest absolute Gasteiger partial charge is 0.494 e. The van der Waals surface area contributed by atoms with Crippen LogP contribution in [0.2, 0.25) is 0 Å². The Morgan fingerprint density at radius 1 is 0.806 bits per heavy atom. The first-order chi connectivity index (χ1) is 17.7. The van der Waals surface area contributed by atoms with Crippen molar-refractivity contribution in [1.29, 1.82) is 0 Å². The van der Waals surface area contributed by atoms with Crippen molar-refractivity contribution in [3.63, 3.8) is 0 Å². The summed E-state index contributed by atoms with van der Waals surface area (Å²) in [5.41, 5.74) is 5.60. The van der Waals surface area contributed by atoms with E-state index in [1.54, 1.807) is 0 Å². The summed E-state index contributed by atoms with van der Waals surface area (Å²) in [4.78, 5) is 0. The van der Waals surface area contributed by atoms with E-state index in [0.29, 0.717) is 17.8 Å². The number of aliphatic hydroxyl groups excluding tert-OH is 1. The fourth-order valence-electron chi connectivity index (χ4n) is 6.12. The molecule has 0 bridgehead atoms. The van der Waals surface area contributed by atoms with Crippen molar-refractivity contribution < 1.29 is 14.6 Å². The van der Waals surface area contributed by atoms with Gasteiger partial charge in [-0.1, -0.05) is 61.9 Å². The van der Waals surface area contributed by atoms with E-state index in [0.717, 1.165) is 76.1 Å². The highest BCUT2D eigenvalue weighted by molar-refractivity contribution is 5.48. The zero-order chi connectivity index (χ0) is 24.7. The molecule has 2 aliphatic carbocycles. The molecule has 4 atom stereocenters. The van der Waals surface area contributed by atoms with Crippen molar-refractivity contribution >= 4 is 0 Å². The van der Waals surface area contributed by atoms with Gasteiger partial charge in [-0.15, -0.1) is 0 Å². The quantitative estimate of drug-likeness (QED) is 0.300. The molecule has 3 heteroatoms. The van der Waals surface area contributed by atoms with E-state index in [1.807, 2.05) is 0 Å². The molecule has 1 N–H and O–H groups in total. The van der Waals surface area contributed by atoms with E-state index in [2.05, 4.69) is 79.7 Å². The minimum Gasteiger partial charge on any atom is -0.494 e. The van der Waals surface area contributed by atoms with Crippen LogP contribution in [0.1, 0.15) is 86.0 Å². The molecule has 0 saturated heterocycles. The van der Waals surface area contributed by atoms with E-state index in [9.17, 15) is 5.11 Å². The summed E-state index contributed by atoms with van der Waals surface area (Å²) in [6.07, 6.45) is 8.35. The van der Waals surface area contributed by atoms with Gasteiger partial charge in [0, 0.05) is 5.92 Å². The third-order valence-electron chi connectivity index (χ3n) is 8.12. The van der Waals surface area contributed by atoms with Gasteiger partial charge in [0.15, 0.2) is 0 Å². The molecular formula is C33H40O3. The molecule has 190 valence electrons. The Kier molecular flexibility index (Phi) is 8.28. The lowest BCUT2D eigenvalue weighted by Gasteiger charge is -2.35. The van der Waals surface area contributed by atoms with Crippen molar-refractivity contribution in [3.8, 4) is 11.5 Å². The van der Waals surface area contributed by atoms with Crippen molar-refractivity contribution in [1.82, 2.24) is 0 Å². The van der Waals surface area contributed by atoms with Gasteiger partial charge in [-0.2, -0.15) is 0 Å². The minimum absolute atomic E-state index is 0.107. The predicted molar refractivity (Wildman–Crippen MR) is 146 cm³/mol. The van der Waals surface area contributed by atoms with Crippen molar-refractivity contribution in [2.45, 2.75) is 76.2 Å². The van der Waals surface area contributed by atoms with Crippen LogP contribution >= 0.6 is 0 Å². The van der Waals surface area contributed by atoms with E-state index < -0.39 is 0 Å². The smallest absolute Gasteiger partial charge is 0.119 e. The number of ether oxygens (including phenoxy) is 2. The highest BCUT2D eigenvalue weighted by Gasteiger charge is 2.32. The van der Waals surface area contributed by atoms with Crippen LogP contribution < -0.4 is 9.47 Å². The molecular weight excluding hydrogens is 444 g/mol. The lowest BCUT2D eigenvalue weighted by molar-refractivity contribution is 0.174. The van der Waals surface area contributed by atoms with Gasteiger partial charge in [0.1, 0.15) is 11.5 Å². The zero-order valence-electron chi connectivity index (χ0n) is 21.6. The lowest BCUT2D eigenvalue weighted by atomic mass is 9.69. The first-order valence-electron chi connectivity index (χ1n) is 13.9. The first-order valence-corrected chi connectivity index (χ1v) is 13.9. The van der Waals surface area contributed by atoms with E-state index in [4.69, 9.17) is 9.47 Å². The summed E-state index contributed by atoms with van der Waals surface area (Å²) in [5.74, 6) is 3.29. The number of benzene rings is 3. The molecule has 1 saturated carbocycles. The molecule has 2 unspecified atom stereocenters. The molecule has 3 aromatic carbocycles. The molecule has 36 heavy (non-hydrogen) atoms. The fourth-order valence-corrected chi connectivity index (χ4v) is 6.12. The van der Waals surface area contributed by atoms with Crippen LogP contribution in [0.4, 0.5) is 0 Å². The van der Waals surface area contributed by atoms with Crippen molar-refractivity contribution in [3.05, 3.63) is 95.1 Å². The van der Waals surface area contributed by atoms with Crippen molar-refractivity contribution in [2.75, 3.05) is 13.2 Å². The Bertz CT molecular complexity index is 1090. The molecule has 0 heterocycles. The van der Waals surface area contributed by atoms with Crippen LogP contribution in [-0.4, -0.2) is 24.4 Å². The van der Waals surface area contributed by atoms with Gasteiger partial charge in [0.2, 0.25) is 0 Å². The zero-order valence-corrected chi connectivity index (χ0v) is 21.6. The maximum atomic E-state index is 9.76. The molecule has 1 fully saturated rings. The number of aryl methyl sites for hydroxylation is 1. The van der Waals surface area contributed by atoms with E-state index >= 15 is 0 Å². The van der Waals surface area contributed by atoms with E-state index in [-0.39, 0.29) is 6.10 Å². The van der Waals surface area contributed by atoms with Gasteiger partial charge in [-0.3, -0.25) is 0 Å². The monoisotopic (exact) mass is 484 g/mol. The number of fused-ring (bicyclic) bond motifs is 1. The van der Waals surface area contributed by atoms with Crippen LogP contribution in [0.15, 0.2) is 72.8 Å². The second-order valence-electron chi connectivity index (χ2n) is 10.6. The highest BCUT2D eigenvalue weighted by Crippen LogP contribution is 2.47. The summed E-state index contributed by atoms with van der Waals surface area (Å²) >= 11 is 0. The number of unbranched alkanes of at least 4 members (excludes halogenated alkanes) is 1. The first kappa shape index (κ1) is 24.9. The van der Waals surface area contributed by atoms with Crippen LogP contribution in [-0.2, 0) is 6.42 Å². The number of hydrogen-bond donors (Lipinski definition) is 1. The third-order valence-corrected chi connectivity index (χ3v) is 8.12. The molecule has 0 aliphatic heterocycles. The molecule has 0 amide bonds. The van der Waals surface area contributed by atoms with Gasteiger partial charge >= 0.3 is 0 Å². The topological polar surface area (TPSA) is 38.7 Å².